The van der Waals surface area contributed by atoms with Crippen LogP contribution in [0.5, 0.6) is 17.2 Å². The maximum absolute atomic E-state index is 14.5. The minimum Gasteiger partial charge on any atom is -0.497 e. The number of likely N-dealkylation sites (N-methyl/N-ethyl adjacent to an activating group) is 1. The van der Waals surface area contributed by atoms with Gasteiger partial charge in [-0.05, 0) is 164 Å². The van der Waals surface area contributed by atoms with E-state index in [0.717, 1.165) is 56.0 Å². The fourth-order valence-corrected chi connectivity index (χ4v) is 11.5. The zero-order chi connectivity index (χ0) is 63.0. The van der Waals surface area contributed by atoms with E-state index >= 15 is 0 Å². The zero-order valence-electron chi connectivity index (χ0n) is 53.0. The number of benzene rings is 3. The van der Waals surface area contributed by atoms with E-state index in [0.29, 0.717) is 76.1 Å². The Morgan fingerprint density at radius 2 is 1.61 bits per heavy atom. The Bertz CT molecular complexity index is 3220. The van der Waals surface area contributed by atoms with Gasteiger partial charge in [0.05, 0.1) is 36.7 Å². The third-order valence-electron chi connectivity index (χ3n) is 17.0. The fraction of sp³-hybridized carbons (Fsp3) is 0.507. The third kappa shape index (κ3) is 17.3. The Morgan fingerprint density at radius 3 is 2.30 bits per heavy atom. The number of urea groups is 1. The highest BCUT2D eigenvalue weighted by atomic mass is 16.5. The van der Waals surface area contributed by atoms with Crippen LogP contribution in [0.15, 0.2) is 73.1 Å². The van der Waals surface area contributed by atoms with Crippen molar-refractivity contribution in [2.75, 3.05) is 83.3 Å². The second kappa shape index (κ2) is 30.8. The summed E-state index contributed by atoms with van der Waals surface area (Å²) in [6.07, 6.45) is 7.44. The Balaban J connectivity index is 0.945. The number of amides is 4. The van der Waals surface area contributed by atoms with Crippen LogP contribution in [0.4, 0.5) is 16.2 Å². The number of aromatic nitrogens is 3. The van der Waals surface area contributed by atoms with Crippen LogP contribution in [-0.2, 0) is 35.2 Å². The average molecular weight is 1200 g/mol. The molecule has 4 amide bonds. The number of fused-ring (bicyclic) bond motifs is 1. The SMILES string of the molecule is CCN(CC)CCNC(=O)c1c(C)[nH]c(/C=C2\C(=O)Nc3ccc(OC(=O)CC(C)CC(C)C(=O)C(C)(CC)OC(C)C(=O)C(C)(CC)OCCN(Cc4cccc(OC)c4)C(=O)Nc4ccc(-c5cn[nH]c5)cc4OCCN4CCCC4)cc32)c1C. The van der Waals surface area contributed by atoms with Gasteiger partial charge < -0.3 is 54.4 Å². The number of aromatic amines is 2. The lowest BCUT2D eigenvalue weighted by molar-refractivity contribution is -0.172. The number of nitrogens with one attached hydrogen (secondary N) is 5. The summed E-state index contributed by atoms with van der Waals surface area (Å²) in [5.74, 6) is -0.991. The highest BCUT2D eigenvalue weighted by Crippen LogP contribution is 2.38. The van der Waals surface area contributed by atoms with Crippen molar-refractivity contribution in [1.29, 1.82) is 0 Å². The molecule has 5 atom stereocenters. The van der Waals surface area contributed by atoms with Crippen molar-refractivity contribution in [3.8, 4) is 28.4 Å². The van der Waals surface area contributed by atoms with E-state index in [4.69, 9.17) is 23.7 Å². The number of H-pyrrole nitrogens is 2. The Labute approximate surface area is 512 Å². The number of carbonyl (C=O) groups excluding carboxylic acids is 6. The van der Waals surface area contributed by atoms with Crippen molar-refractivity contribution >= 4 is 58.4 Å². The van der Waals surface area contributed by atoms with Gasteiger partial charge in [0.2, 0.25) is 0 Å². The lowest BCUT2D eigenvalue weighted by Crippen LogP contribution is -2.51. The Hall–Kier alpha value is -7.65. The lowest BCUT2D eigenvalue weighted by Gasteiger charge is -2.36. The molecule has 5 aromatic rings. The van der Waals surface area contributed by atoms with Crippen molar-refractivity contribution in [1.82, 2.24) is 35.2 Å². The predicted molar refractivity (Wildman–Crippen MR) is 338 cm³/mol. The summed E-state index contributed by atoms with van der Waals surface area (Å²) in [7, 11) is 1.59. The lowest BCUT2D eigenvalue weighted by atomic mass is 9.83. The maximum atomic E-state index is 14.5. The van der Waals surface area contributed by atoms with Gasteiger partial charge in [0.25, 0.3) is 11.8 Å². The average Bonchev–Trinajstić information content (AvgIpc) is 2.02. The van der Waals surface area contributed by atoms with E-state index in [1.807, 2.05) is 77.1 Å². The van der Waals surface area contributed by atoms with Crippen LogP contribution >= 0.6 is 0 Å². The smallest absolute Gasteiger partial charge is 0.322 e. The van der Waals surface area contributed by atoms with Gasteiger partial charge in [0.1, 0.15) is 41.2 Å². The summed E-state index contributed by atoms with van der Waals surface area (Å²) in [4.78, 5) is 92.8. The minimum absolute atomic E-state index is 0.00375. The van der Waals surface area contributed by atoms with Crippen molar-refractivity contribution < 1.29 is 52.5 Å². The van der Waals surface area contributed by atoms with Gasteiger partial charge in [-0.2, -0.15) is 5.10 Å². The molecule has 20 heteroatoms. The number of aryl methyl sites for hydroxylation is 1. The Kier molecular flexibility index (Phi) is 23.7. The van der Waals surface area contributed by atoms with Crippen LogP contribution in [0.1, 0.15) is 139 Å². The van der Waals surface area contributed by atoms with Gasteiger partial charge in [0, 0.05) is 79.5 Å². The molecule has 470 valence electrons. The highest BCUT2D eigenvalue weighted by Gasteiger charge is 2.43. The normalized spacial score (nSPS) is 16.1. The summed E-state index contributed by atoms with van der Waals surface area (Å²) in [6.45, 7) is 26.8. The number of carbonyl (C=O) groups is 6. The molecule has 0 saturated carbocycles. The number of ether oxygens (including phenoxy) is 5. The van der Waals surface area contributed by atoms with Crippen molar-refractivity contribution in [3.63, 3.8) is 0 Å². The molecule has 1 saturated heterocycles. The van der Waals surface area contributed by atoms with E-state index in [9.17, 15) is 28.8 Å². The number of methoxy groups -OCH3 is 1. The first-order valence-electron chi connectivity index (χ1n) is 30.8. The molecule has 87 heavy (non-hydrogen) atoms. The maximum Gasteiger partial charge on any atom is 0.322 e. The summed E-state index contributed by atoms with van der Waals surface area (Å²) in [6, 6.07) is 17.6. The van der Waals surface area contributed by atoms with Gasteiger partial charge in [-0.25, -0.2) is 4.79 Å². The van der Waals surface area contributed by atoms with Gasteiger partial charge in [0.15, 0.2) is 11.6 Å². The molecule has 7 rings (SSSR count). The zero-order valence-corrected chi connectivity index (χ0v) is 53.0. The number of esters is 1. The highest BCUT2D eigenvalue weighted by molar-refractivity contribution is 6.35. The van der Waals surface area contributed by atoms with E-state index < -0.39 is 35.2 Å². The number of anilines is 2. The number of Topliss-reactive ketones (excluding diaryl/α,β-unsaturated/α-hetero) is 2. The van der Waals surface area contributed by atoms with Crippen LogP contribution in [0, 0.1) is 25.7 Å². The van der Waals surface area contributed by atoms with E-state index in [2.05, 4.69) is 54.8 Å². The molecular weight excluding hydrogens is 1110 g/mol. The number of rotatable bonds is 33. The molecule has 0 radical (unpaired) electrons. The third-order valence-corrected chi connectivity index (χ3v) is 17.0. The molecule has 4 heterocycles. The molecule has 2 aliphatic rings. The molecule has 0 aliphatic carbocycles. The summed E-state index contributed by atoms with van der Waals surface area (Å²) >= 11 is 0. The molecule has 5 N–H and O–H groups in total. The second-order valence-electron chi connectivity index (χ2n) is 23.4. The van der Waals surface area contributed by atoms with E-state index in [-0.39, 0.29) is 74.0 Å². The molecule has 0 spiro atoms. The fourth-order valence-electron chi connectivity index (χ4n) is 11.5. The van der Waals surface area contributed by atoms with Crippen LogP contribution in [-0.4, -0.2) is 155 Å². The van der Waals surface area contributed by atoms with Gasteiger partial charge in [-0.1, -0.05) is 59.7 Å². The number of ketones is 2. The van der Waals surface area contributed by atoms with Crippen LogP contribution in [0.2, 0.25) is 0 Å². The first-order valence-corrected chi connectivity index (χ1v) is 30.8. The molecule has 2 aliphatic heterocycles. The number of hydrogen-bond acceptors (Lipinski definition) is 14. The minimum atomic E-state index is -1.35. The molecule has 20 nitrogen and oxygen atoms in total. The summed E-state index contributed by atoms with van der Waals surface area (Å²) in [5.41, 5.74) is 4.38. The van der Waals surface area contributed by atoms with Gasteiger partial charge >= 0.3 is 12.0 Å². The van der Waals surface area contributed by atoms with Crippen LogP contribution in [0.25, 0.3) is 22.8 Å². The monoisotopic (exact) mass is 1200 g/mol. The first-order chi connectivity index (χ1) is 41.6. The first kappa shape index (κ1) is 66.9. The Morgan fingerprint density at radius 1 is 0.862 bits per heavy atom. The standard InChI is InChI=1S/C67H91N9O11/c1-13-66(10,85-33-31-76(42-48-20-19-21-51(36-48)83-12)65(82)73-56-24-22-49(50-40-69-70-41-50)37-58(56)84-32-30-75-27-17-18-28-75)62(79)47(9)87-67(11,14-2)61(78)44(6)34-43(5)35-59(77)86-52-23-25-55-53(38-52)54(63(80)72-55)39-57-45(7)60(46(8)71-57)64(81)68-26-29-74(15-3)16-4/h19-25,36-41,43-44,47,71H,13-18,26-35,42H2,1-12H3,(H,68,81)(H,69,70)(H,72,80)(H,73,82)/b54-39-. The van der Waals surface area contributed by atoms with E-state index in [1.165, 1.54) is 12.8 Å². The number of nitrogens with zero attached hydrogens (tertiary/aromatic N) is 4. The molecule has 5 unspecified atom stereocenters. The van der Waals surface area contributed by atoms with Crippen LogP contribution in [0.3, 0.4) is 0 Å². The van der Waals surface area contributed by atoms with Crippen molar-refractivity contribution in [2.24, 2.45) is 11.8 Å². The molecule has 0 bridgehead atoms. The molecule has 3 aromatic carbocycles. The van der Waals surface area contributed by atoms with E-state index in [1.54, 1.807) is 76.4 Å². The quantitative estimate of drug-likeness (QED) is 0.0149. The molecule has 1 fully saturated rings. The molecular formula is C67H91N9O11. The predicted octanol–water partition coefficient (Wildman–Crippen LogP) is 10.7. The second-order valence-corrected chi connectivity index (χ2v) is 23.4. The van der Waals surface area contributed by atoms with Gasteiger partial charge in [-0.3, -0.25) is 34.0 Å². The van der Waals surface area contributed by atoms with Crippen molar-refractivity contribution in [3.05, 3.63) is 107 Å². The molecule has 2 aromatic heterocycles. The van der Waals surface area contributed by atoms with Crippen molar-refractivity contribution in [2.45, 2.75) is 139 Å². The van der Waals surface area contributed by atoms with Gasteiger partial charge in [-0.15, -0.1) is 0 Å². The largest absolute Gasteiger partial charge is 0.497 e. The van der Waals surface area contributed by atoms with Crippen LogP contribution < -0.4 is 30.2 Å². The summed E-state index contributed by atoms with van der Waals surface area (Å²) in [5, 5.41) is 16.0. The number of likely N-dealkylation sites (tertiary alicyclic amines) is 1. The topological polar surface area (TPSA) is 239 Å². The summed E-state index contributed by atoms with van der Waals surface area (Å²) < 4.78 is 30.6. The number of hydrogen-bond donors (Lipinski definition) is 5.